The lowest BCUT2D eigenvalue weighted by Crippen LogP contribution is -2.48. The predicted molar refractivity (Wildman–Crippen MR) is 94.2 cm³/mol. The van der Waals surface area contributed by atoms with Crippen molar-refractivity contribution in [2.75, 3.05) is 13.1 Å². The standard InChI is InChI=1S/C17H21Cl2N3O2/c18-12-6-5-11(8-13(12)19)17(24)22-7-1-2-15(22)16(23)21-9-14(20)10-3-4-10/h5-6,8,10,14-15H,1-4,7,9,20H2,(H,21,23). The van der Waals surface area contributed by atoms with Crippen molar-refractivity contribution in [3.8, 4) is 0 Å². The predicted octanol–water partition coefficient (Wildman–Crippen LogP) is 2.45. The molecule has 130 valence electrons. The molecule has 3 rings (SSSR count). The maximum absolute atomic E-state index is 12.7. The van der Waals surface area contributed by atoms with Crippen molar-refractivity contribution in [1.29, 1.82) is 0 Å². The lowest BCUT2D eigenvalue weighted by Gasteiger charge is -2.25. The molecule has 7 heteroatoms. The lowest BCUT2D eigenvalue weighted by molar-refractivity contribution is -0.124. The van der Waals surface area contributed by atoms with E-state index in [1.165, 1.54) is 0 Å². The van der Waals surface area contributed by atoms with E-state index in [9.17, 15) is 9.59 Å². The number of carbonyl (C=O) groups is 2. The monoisotopic (exact) mass is 369 g/mol. The number of benzene rings is 1. The van der Waals surface area contributed by atoms with Crippen LogP contribution in [0.2, 0.25) is 10.0 Å². The van der Waals surface area contributed by atoms with Crippen LogP contribution in [0.3, 0.4) is 0 Å². The number of rotatable bonds is 5. The van der Waals surface area contributed by atoms with Gasteiger partial charge < -0.3 is 16.0 Å². The summed E-state index contributed by atoms with van der Waals surface area (Å²) in [5, 5.41) is 3.63. The topological polar surface area (TPSA) is 75.4 Å². The van der Waals surface area contributed by atoms with E-state index in [0.717, 1.165) is 19.3 Å². The van der Waals surface area contributed by atoms with Crippen LogP contribution in [0.4, 0.5) is 0 Å². The van der Waals surface area contributed by atoms with E-state index < -0.39 is 6.04 Å². The molecule has 0 bridgehead atoms. The minimum atomic E-state index is -0.446. The molecule has 0 spiro atoms. The first-order valence-corrected chi connectivity index (χ1v) is 9.02. The summed E-state index contributed by atoms with van der Waals surface area (Å²) in [5.74, 6) is 0.206. The maximum atomic E-state index is 12.7. The second-order valence-corrected chi connectivity index (χ2v) is 7.35. The van der Waals surface area contributed by atoms with E-state index in [1.54, 1.807) is 23.1 Å². The van der Waals surface area contributed by atoms with Gasteiger partial charge in [0.05, 0.1) is 10.0 Å². The van der Waals surface area contributed by atoms with Gasteiger partial charge in [-0.1, -0.05) is 23.2 Å². The summed E-state index contributed by atoms with van der Waals surface area (Å²) in [6.45, 7) is 1.03. The van der Waals surface area contributed by atoms with Crippen LogP contribution in [0.25, 0.3) is 0 Å². The Morgan fingerprint density at radius 1 is 1.25 bits per heavy atom. The van der Waals surface area contributed by atoms with Crippen LogP contribution in [-0.4, -0.2) is 41.9 Å². The van der Waals surface area contributed by atoms with E-state index in [1.807, 2.05) is 0 Å². The average Bonchev–Trinajstić information content (AvgIpc) is 3.31. The highest BCUT2D eigenvalue weighted by Crippen LogP contribution is 2.31. The Hall–Kier alpha value is -1.30. The Labute approximate surface area is 151 Å². The molecule has 5 nitrogen and oxygen atoms in total. The lowest BCUT2D eigenvalue weighted by atomic mass is 10.1. The van der Waals surface area contributed by atoms with E-state index in [-0.39, 0.29) is 17.9 Å². The SMILES string of the molecule is NC(CNC(=O)C1CCCN1C(=O)c1ccc(Cl)c(Cl)c1)C1CC1. The molecular weight excluding hydrogens is 349 g/mol. The van der Waals surface area contributed by atoms with Crippen LogP contribution >= 0.6 is 23.2 Å². The molecule has 1 aliphatic carbocycles. The molecule has 2 aliphatic rings. The van der Waals surface area contributed by atoms with Gasteiger partial charge in [-0.3, -0.25) is 9.59 Å². The van der Waals surface area contributed by atoms with Gasteiger partial charge in [0.25, 0.3) is 5.91 Å². The number of nitrogens with two attached hydrogens (primary N) is 1. The zero-order valence-electron chi connectivity index (χ0n) is 13.3. The molecule has 0 radical (unpaired) electrons. The molecule has 0 aromatic heterocycles. The highest BCUT2D eigenvalue weighted by molar-refractivity contribution is 6.42. The van der Waals surface area contributed by atoms with Gasteiger partial charge in [0, 0.05) is 24.7 Å². The Morgan fingerprint density at radius 2 is 2.00 bits per heavy atom. The van der Waals surface area contributed by atoms with E-state index in [0.29, 0.717) is 41.0 Å². The quantitative estimate of drug-likeness (QED) is 0.836. The van der Waals surface area contributed by atoms with Crippen LogP contribution < -0.4 is 11.1 Å². The second kappa shape index (κ2) is 7.30. The van der Waals surface area contributed by atoms with Gasteiger partial charge in [-0.2, -0.15) is 0 Å². The van der Waals surface area contributed by atoms with Gasteiger partial charge in [-0.05, 0) is 49.8 Å². The number of halogens is 2. The van der Waals surface area contributed by atoms with Crippen LogP contribution in [0.5, 0.6) is 0 Å². The van der Waals surface area contributed by atoms with Crippen LogP contribution in [0.15, 0.2) is 18.2 Å². The smallest absolute Gasteiger partial charge is 0.254 e. The third-order valence-electron chi connectivity index (χ3n) is 4.72. The molecule has 2 atom stereocenters. The van der Waals surface area contributed by atoms with E-state index in [2.05, 4.69) is 5.32 Å². The van der Waals surface area contributed by atoms with Crippen molar-refractivity contribution in [2.45, 2.75) is 37.8 Å². The second-order valence-electron chi connectivity index (χ2n) is 6.53. The normalized spacial score (nSPS) is 21.6. The fraction of sp³-hybridized carbons (Fsp3) is 0.529. The largest absolute Gasteiger partial charge is 0.353 e. The van der Waals surface area contributed by atoms with Crippen molar-refractivity contribution in [2.24, 2.45) is 11.7 Å². The molecule has 24 heavy (non-hydrogen) atoms. The van der Waals surface area contributed by atoms with Gasteiger partial charge >= 0.3 is 0 Å². The highest BCUT2D eigenvalue weighted by Gasteiger charge is 2.35. The van der Waals surface area contributed by atoms with Gasteiger partial charge in [0.2, 0.25) is 5.91 Å². The van der Waals surface area contributed by atoms with Crippen molar-refractivity contribution < 1.29 is 9.59 Å². The van der Waals surface area contributed by atoms with Crippen LogP contribution in [-0.2, 0) is 4.79 Å². The Kier molecular flexibility index (Phi) is 5.33. The van der Waals surface area contributed by atoms with E-state index >= 15 is 0 Å². The molecule has 3 N–H and O–H groups in total. The summed E-state index contributed by atoms with van der Waals surface area (Å²) in [7, 11) is 0. The Balaban J connectivity index is 1.64. The average molecular weight is 370 g/mol. The van der Waals surface area contributed by atoms with Crippen molar-refractivity contribution in [1.82, 2.24) is 10.2 Å². The van der Waals surface area contributed by atoms with Crippen LogP contribution in [0.1, 0.15) is 36.0 Å². The fourth-order valence-corrected chi connectivity index (χ4v) is 3.40. The summed E-state index contributed by atoms with van der Waals surface area (Å²) in [4.78, 5) is 26.8. The molecule has 1 saturated heterocycles. The molecule has 1 aliphatic heterocycles. The fourth-order valence-electron chi connectivity index (χ4n) is 3.10. The summed E-state index contributed by atoms with van der Waals surface area (Å²) in [6, 6.07) is 4.33. The molecule has 2 unspecified atom stereocenters. The number of amides is 2. The zero-order valence-corrected chi connectivity index (χ0v) is 14.8. The number of hydrogen-bond donors (Lipinski definition) is 2. The molecule has 2 amide bonds. The highest BCUT2D eigenvalue weighted by atomic mass is 35.5. The van der Waals surface area contributed by atoms with Gasteiger partial charge in [0.1, 0.15) is 6.04 Å². The number of hydrogen-bond acceptors (Lipinski definition) is 3. The van der Waals surface area contributed by atoms with Gasteiger partial charge in [-0.15, -0.1) is 0 Å². The molecule has 1 heterocycles. The summed E-state index contributed by atoms with van der Waals surface area (Å²) < 4.78 is 0. The summed E-state index contributed by atoms with van der Waals surface area (Å²) in [6.07, 6.45) is 3.75. The molecule has 2 fully saturated rings. The minimum Gasteiger partial charge on any atom is -0.353 e. The zero-order chi connectivity index (χ0) is 17.3. The van der Waals surface area contributed by atoms with Gasteiger partial charge in [0.15, 0.2) is 0 Å². The van der Waals surface area contributed by atoms with Gasteiger partial charge in [-0.25, -0.2) is 0 Å². The number of carbonyl (C=O) groups excluding carboxylic acids is 2. The first-order valence-electron chi connectivity index (χ1n) is 8.26. The number of likely N-dealkylation sites (tertiary alicyclic amines) is 1. The maximum Gasteiger partial charge on any atom is 0.254 e. The summed E-state index contributed by atoms with van der Waals surface area (Å²) >= 11 is 11.9. The third kappa shape index (κ3) is 3.85. The summed E-state index contributed by atoms with van der Waals surface area (Å²) in [5.41, 5.74) is 6.46. The number of nitrogens with zero attached hydrogens (tertiary/aromatic N) is 1. The Morgan fingerprint density at radius 3 is 2.67 bits per heavy atom. The minimum absolute atomic E-state index is 0.00887. The molecule has 1 aromatic carbocycles. The first kappa shape index (κ1) is 17.5. The van der Waals surface area contributed by atoms with Crippen LogP contribution in [0, 0.1) is 5.92 Å². The third-order valence-corrected chi connectivity index (χ3v) is 5.46. The van der Waals surface area contributed by atoms with Crippen molar-refractivity contribution >= 4 is 35.0 Å². The number of nitrogens with one attached hydrogen (secondary N) is 1. The van der Waals surface area contributed by atoms with E-state index in [4.69, 9.17) is 28.9 Å². The first-order chi connectivity index (χ1) is 11.5. The molecular formula is C17H21Cl2N3O2. The van der Waals surface area contributed by atoms with Crippen molar-refractivity contribution in [3.05, 3.63) is 33.8 Å². The Bertz CT molecular complexity index is 649. The molecule has 1 saturated carbocycles. The van der Waals surface area contributed by atoms with Crippen molar-refractivity contribution in [3.63, 3.8) is 0 Å². The molecule has 1 aromatic rings.